The zero-order chi connectivity index (χ0) is 10.7. The molecule has 0 aliphatic heterocycles. The van der Waals surface area contributed by atoms with Crippen LogP contribution < -0.4 is 0 Å². The van der Waals surface area contributed by atoms with Gasteiger partial charge in [0.1, 0.15) is 0 Å². The highest BCUT2D eigenvalue weighted by Gasteiger charge is 2.10. The van der Waals surface area contributed by atoms with Crippen molar-refractivity contribution in [2.24, 2.45) is 0 Å². The number of rotatable bonds is 1. The lowest BCUT2D eigenvalue weighted by atomic mass is 9.95. The molecule has 0 fully saturated rings. The van der Waals surface area contributed by atoms with E-state index in [9.17, 15) is 0 Å². The summed E-state index contributed by atoms with van der Waals surface area (Å²) < 4.78 is 0. The minimum Gasteiger partial charge on any atom is -0.198 e. The van der Waals surface area contributed by atoms with Crippen molar-refractivity contribution in [3.05, 3.63) is 41.0 Å². The van der Waals surface area contributed by atoms with Gasteiger partial charge in [0.25, 0.3) is 0 Å². The molecule has 1 nitrogen and oxygen atoms in total. The van der Waals surface area contributed by atoms with Crippen LogP contribution in [-0.2, 0) is 6.42 Å². The first kappa shape index (κ1) is 9.98. The summed E-state index contributed by atoms with van der Waals surface area (Å²) in [5, 5.41) is 8.81. The predicted octanol–water partition coefficient (Wildman–Crippen LogP) is 3.63. The molecule has 0 amide bonds. The van der Waals surface area contributed by atoms with Crippen molar-refractivity contribution in [2.45, 2.75) is 32.6 Å². The molecule has 76 valence electrons. The molecule has 0 radical (unpaired) electrons. The summed E-state index contributed by atoms with van der Waals surface area (Å²) in [6.45, 7) is 2.11. The van der Waals surface area contributed by atoms with E-state index in [1.807, 2.05) is 0 Å². The van der Waals surface area contributed by atoms with Crippen LogP contribution in [0.4, 0.5) is 0 Å². The minimum absolute atomic E-state index is 0.538. The SMILES string of the molecule is Cc1ccc2c(c1)C(CC#N)=CCCC2. The third kappa shape index (κ3) is 2.10. The Morgan fingerprint density at radius 1 is 1.40 bits per heavy atom. The smallest absolute Gasteiger partial charge is 0.0669 e. The molecule has 1 aromatic rings. The van der Waals surface area contributed by atoms with Gasteiger partial charge in [-0.25, -0.2) is 0 Å². The maximum atomic E-state index is 8.81. The number of hydrogen-bond acceptors (Lipinski definition) is 1. The number of hydrogen-bond donors (Lipinski definition) is 0. The van der Waals surface area contributed by atoms with E-state index in [-0.39, 0.29) is 0 Å². The van der Waals surface area contributed by atoms with E-state index in [0.717, 1.165) is 12.8 Å². The first-order valence-corrected chi connectivity index (χ1v) is 5.47. The van der Waals surface area contributed by atoms with Gasteiger partial charge in [-0.05, 0) is 42.9 Å². The number of nitrogens with zero attached hydrogens (tertiary/aromatic N) is 1. The van der Waals surface area contributed by atoms with Gasteiger partial charge in [-0.3, -0.25) is 0 Å². The van der Waals surface area contributed by atoms with Crippen molar-refractivity contribution in [3.8, 4) is 6.07 Å². The van der Waals surface area contributed by atoms with Crippen LogP contribution in [0.25, 0.3) is 5.57 Å². The summed E-state index contributed by atoms with van der Waals surface area (Å²) in [5.41, 5.74) is 5.20. The second kappa shape index (κ2) is 4.31. The highest BCUT2D eigenvalue weighted by atomic mass is 14.2. The summed E-state index contributed by atoms with van der Waals surface area (Å²) >= 11 is 0. The van der Waals surface area contributed by atoms with Crippen LogP contribution in [0.2, 0.25) is 0 Å². The highest BCUT2D eigenvalue weighted by Crippen LogP contribution is 2.28. The average Bonchev–Trinajstić information content (AvgIpc) is 2.42. The topological polar surface area (TPSA) is 23.8 Å². The summed E-state index contributed by atoms with van der Waals surface area (Å²) in [4.78, 5) is 0. The van der Waals surface area contributed by atoms with Crippen LogP contribution in [0.5, 0.6) is 0 Å². The van der Waals surface area contributed by atoms with Gasteiger partial charge in [0.2, 0.25) is 0 Å². The zero-order valence-electron chi connectivity index (χ0n) is 9.09. The first-order chi connectivity index (χ1) is 7.31. The van der Waals surface area contributed by atoms with Crippen molar-refractivity contribution >= 4 is 5.57 Å². The molecule has 0 spiro atoms. The molecule has 0 saturated heterocycles. The second-order valence-electron chi connectivity index (χ2n) is 4.12. The van der Waals surface area contributed by atoms with E-state index in [1.54, 1.807) is 0 Å². The largest absolute Gasteiger partial charge is 0.198 e. The Morgan fingerprint density at radius 2 is 2.27 bits per heavy atom. The summed E-state index contributed by atoms with van der Waals surface area (Å²) in [6, 6.07) is 8.84. The van der Waals surface area contributed by atoms with Crippen molar-refractivity contribution in [1.29, 1.82) is 5.26 Å². The van der Waals surface area contributed by atoms with Crippen molar-refractivity contribution < 1.29 is 0 Å². The first-order valence-electron chi connectivity index (χ1n) is 5.47. The van der Waals surface area contributed by atoms with Crippen molar-refractivity contribution in [1.82, 2.24) is 0 Å². The van der Waals surface area contributed by atoms with Gasteiger partial charge in [-0.1, -0.05) is 29.8 Å². The fraction of sp³-hybridized carbons (Fsp3) is 0.357. The number of fused-ring (bicyclic) bond motifs is 1. The van der Waals surface area contributed by atoms with Crippen LogP contribution in [0.1, 0.15) is 36.0 Å². The molecule has 0 aromatic heterocycles. The summed E-state index contributed by atoms with van der Waals surface area (Å²) in [6.07, 6.45) is 6.21. The standard InChI is InChI=1S/C14H15N/c1-11-6-7-12-4-2-3-5-13(8-9-15)14(12)10-11/h5-7,10H,2-4,8H2,1H3. The van der Waals surface area contributed by atoms with Crippen molar-refractivity contribution in [2.75, 3.05) is 0 Å². The van der Waals surface area contributed by atoms with Gasteiger partial charge in [-0.15, -0.1) is 0 Å². The molecule has 0 saturated carbocycles. The highest BCUT2D eigenvalue weighted by molar-refractivity contribution is 5.70. The van der Waals surface area contributed by atoms with E-state index in [4.69, 9.17) is 5.26 Å². The fourth-order valence-corrected chi connectivity index (χ4v) is 2.14. The molecule has 0 bridgehead atoms. The molecule has 0 heterocycles. The Morgan fingerprint density at radius 3 is 3.07 bits per heavy atom. The third-order valence-electron chi connectivity index (χ3n) is 2.92. The number of aryl methyl sites for hydroxylation is 2. The lowest BCUT2D eigenvalue weighted by Gasteiger charge is -2.09. The van der Waals surface area contributed by atoms with Gasteiger partial charge in [0.15, 0.2) is 0 Å². The Kier molecular flexibility index (Phi) is 2.87. The summed E-state index contributed by atoms with van der Waals surface area (Å²) in [5.74, 6) is 0. The number of nitriles is 1. The predicted molar refractivity (Wildman–Crippen MR) is 62.3 cm³/mol. The quantitative estimate of drug-likeness (QED) is 0.674. The number of benzene rings is 1. The van der Waals surface area contributed by atoms with Gasteiger partial charge < -0.3 is 0 Å². The zero-order valence-corrected chi connectivity index (χ0v) is 9.09. The summed E-state index contributed by atoms with van der Waals surface area (Å²) in [7, 11) is 0. The van der Waals surface area contributed by atoms with Crippen LogP contribution in [0, 0.1) is 18.3 Å². The molecule has 1 aliphatic rings. The molecule has 0 atom stereocenters. The van der Waals surface area contributed by atoms with Gasteiger partial charge in [-0.2, -0.15) is 5.26 Å². The monoisotopic (exact) mass is 197 g/mol. The van der Waals surface area contributed by atoms with Gasteiger partial charge in [0, 0.05) is 0 Å². The molecular formula is C14H15N. The normalized spacial score (nSPS) is 14.8. The third-order valence-corrected chi connectivity index (χ3v) is 2.92. The maximum Gasteiger partial charge on any atom is 0.0669 e. The molecule has 1 heteroatoms. The average molecular weight is 197 g/mol. The van der Waals surface area contributed by atoms with Crippen LogP contribution in [0.3, 0.4) is 0 Å². The van der Waals surface area contributed by atoms with Gasteiger partial charge >= 0.3 is 0 Å². The van der Waals surface area contributed by atoms with E-state index >= 15 is 0 Å². The van der Waals surface area contributed by atoms with Gasteiger partial charge in [0.05, 0.1) is 12.5 Å². The van der Waals surface area contributed by atoms with Crippen LogP contribution in [-0.4, -0.2) is 0 Å². The van der Waals surface area contributed by atoms with E-state index < -0.39 is 0 Å². The molecule has 0 N–H and O–H groups in total. The van der Waals surface area contributed by atoms with E-state index in [0.29, 0.717) is 6.42 Å². The fourth-order valence-electron chi connectivity index (χ4n) is 2.14. The molecule has 0 unspecified atom stereocenters. The Labute approximate surface area is 91.0 Å². The van der Waals surface area contributed by atoms with E-state index in [2.05, 4.69) is 37.3 Å². The lowest BCUT2D eigenvalue weighted by molar-refractivity contribution is 0.851. The van der Waals surface area contributed by atoms with Crippen molar-refractivity contribution in [3.63, 3.8) is 0 Å². The number of allylic oxidation sites excluding steroid dienone is 2. The molecule has 15 heavy (non-hydrogen) atoms. The lowest BCUT2D eigenvalue weighted by Crippen LogP contribution is -1.92. The molecular weight excluding hydrogens is 182 g/mol. The molecule has 2 rings (SSSR count). The Balaban J connectivity index is 2.48. The Hall–Kier alpha value is -1.55. The van der Waals surface area contributed by atoms with Crippen LogP contribution in [0.15, 0.2) is 24.3 Å². The molecule has 1 aromatic carbocycles. The minimum atomic E-state index is 0.538. The van der Waals surface area contributed by atoms with E-state index in [1.165, 1.54) is 28.7 Å². The molecule has 1 aliphatic carbocycles. The Bertz CT molecular complexity index is 435. The second-order valence-corrected chi connectivity index (χ2v) is 4.12. The maximum absolute atomic E-state index is 8.81. The van der Waals surface area contributed by atoms with Crippen LogP contribution >= 0.6 is 0 Å².